The minimum absolute atomic E-state index is 0.139. The molecule has 0 unspecified atom stereocenters. The van der Waals surface area contributed by atoms with Crippen molar-refractivity contribution in [2.75, 3.05) is 30.7 Å². The van der Waals surface area contributed by atoms with Gasteiger partial charge in [0, 0.05) is 42.7 Å². The third-order valence-corrected chi connectivity index (χ3v) is 7.07. The highest BCUT2D eigenvalue weighted by molar-refractivity contribution is 8.00. The summed E-state index contributed by atoms with van der Waals surface area (Å²) in [6.07, 6.45) is 1.19. The fourth-order valence-electron chi connectivity index (χ4n) is 3.89. The zero-order valence-corrected chi connectivity index (χ0v) is 16.9. The van der Waals surface area contributed by atoms with Crippen molar-refractivity contribution in [3.05, 3.63) is 65.5 Å². The Morgan fingerprint density at radius 1 is 0.933 bits per heavy atom. The Bertz CT molecular complexity index is 962. The summed E-state index contributed by atoms with van der Waals surface area (Å²) in [6, 6.07) is 8.33. The number of urea groups is 1. The molecule has 30 heavy (non-hydrogen) atoms. The topological polar surface area (TPSA) is 52.7 Å². The number of rotatable bonds is 2. The molecule has 0 aliphatic carbocycles. The van der Waals surface area contributed by atoms with Gasteiger partial charge < -0.3 is 15.1 Å². The van der Waals surface area contributed by atoms with Crippen molar-refractivity contribution in [1.82, 2.24) is 9.80 Å². The van der Waals surface area contributed by atoms with E-state index in [1.54, 1.807) is 16.7 Å². The van der Waals surface area contributed by atoms with E-state index in [1.807, 2.05) is 4.90 Å². The zero-order chi connectivity index (χ0) is 21.3. The Morgan fingerprint density at radius 3 is 2.30 bits per heavy atom. The molecule has 5 nitrogen and oxygen atoms in total. The first kappa shape index (κ1) is 20.6. The first-order chi connectivity index (χ1) is 14.4. The molecule has 2 saturated heterocycles. The number of carbonyl (C=O) groups excluding carboxylic acids is 2. The molecule has 2 heterocycles. The van der Waals surface area contributed by atoms with Gasteiger partial charge in [0.15, 0.2) is 11.6 Å². The monoisotopic (exact) mass is 435 g/mol. The summed E-state index contributed by atoms with van der Waals surface area (Å²) in [5.41, 5.74) is 0.624. The molecule has 0 radical (unpaired) electrons. The lowest BCUT2D eigenvalue weighted by Gasteiger charge is -2.44. The van der Waals surface area contributed by atoms with Crippen LogP contribution in [0.5, 0.6) is 0 Å². The highest BCUT2D eigenvalue weighted by Crippen LogP contribution is 2.44. The van der Waals surface area contributed by atoms with E-state index in [-0.39, 0.29) is 11.6 Å². The second kappa shape index (κ2) is 8.22. The quantitative estimate of drug-likeness (QED) is 0.765. The van der Waals surface area contributed by atoms with E-state index >= 15 is 0 Å². The minimum Gasteiger partial charge on any atom is -0.324 e. The zero-order valence-electron chi connectivity index (χ0n) is 16.0. The second-order valence-electron chi connectivity index (χ2n) is 7.30. The highest BCUT2D eigenvalue weighted by Gasteiger charge is 2.47. The molecule has 9 heteroatoms. The molecule has 2 aliphatic rings. The summed E-state index contributed by atoms with van der Waals surface area (Å²) >= 11 is 1.70. The molecule has 2 fully saturated rings. The molecule has 158 valence electrons. The summed E-state index contributed by atoms with van der Waals surface area (Å²) in [7, 11) is 0. The van der Waals surface area contributed by atoms with Gasteiger partial charge in [-0.15, -0.1) is 11.8 Å². The van der Waals surface area contributed by atoms with Crippen molar-refractivity contribution in [2.45, 2.75) is 17.7 Å². The van der Waals surface area contributed by atoms with Crippen molar-refractivity contribution in [1.29, 1.82) is 0 Å². The number of halogens is 3. The molecule has 0 saturated carbocycles. The number of thioether (sulfide) groups is 1. The van der Waals surface area contributed by atoms with Crippen LogP contribution in [0.15, 0.2) is 42.5 Å². The fourth-order valence-corrected chi connectivity index (χ4v) is 5.35. The van der Waals surface area contributed by atoms with Crippen LogP contribution < -0.4 is 5.32 Å². The smallest absolute Gasteiger partial charge is 0.321 e. The van der Waals surface area contributed by atoms with Crippen molar-refractivity contribution in [3.63, 3.8) is 0 Å². The number of piperidine rings is 1. The fraction of sp³-hybridized carbons (Fsp3) is 0.333. The number of amides is 3. The van der Waals surface area contributed by atoms with E-state index in [1.165, 1.54) is 30.3 Å². The maximum Gasteiger partial charge on any atom is 0.321 e. The molecule has 4 rings (SSSR count). The molecule has 2 aromatic carbocycles. The molecule has 0 bridgehead atoms. The molecule has 1 spiro atoms. The standard InChI is InChI=1S/C21H20F3N3O2S/c22-15-3-1-14(2-4-15)19(28)27-11-12-30-21(27)7-9-26(10-8-21)20(29)25-16-5-6-17(23)18(24)13-16/h1-6,13H,7-12H2,(H,25,29). The SMILES string of the molecule is O=C(Nc1ccc(F)c(F)c1)N1CCC2(CC1)SCCN2C(=O)c1ccc(F)cc1. The highest BCUT2D eigenvalue weighted by atomic mass is 32.2. The Morgan fingerprint density at radius 2 is 1.63 bits per heavy atom. The predicted octanol–water partition coefficient (Wildman–Crippen LogP) is 4.32. The Balaban J connectivity index is 1.40. The van der Waals surface area contributed by atoms with Crippen LogP contribution in [0.3, 0.4) is 0 Å². The predicted molar refractivity (Wildman–Crippen MR) is 109 cm³/mol. The van der Waals surface area contributed by atoms with Gasteiger partial charge in [0.2, 0.25) is 0 Å². The van der Waals surface area contributed by atoms with Crippen LogP contribution in [0.2, 0.25) is 0 Å². The molecule has 0 atom stereocenters. The van der Waals surface area contributed by atoms with Crippen LogP contribution in [0.25, 0.3) is 0 Å². The van der Waals surface area contributed by atoms with Crippen LogP contribution >= 0.6 is 11.8 Å². The number of hydrogen-bond acceptors (Lipinski definition) is 3. The number of likely N-dealkylation sites (tertiary alicyclic amines) is 1. The van der Waals surface area contributed by atoms with Gasteiger partial charge in [0.1, 0.15) is 5.82 Å². The van der Waals surface area contributed by atoms with Crippen LogP contribution in [0.4, 0.5) is 23.7 Å². The number of hydrogen-bond donors (Lipinski definition) is 1. The summed E-state index contributed by atoms with van der Waals surface area (Å²) in [5, 5.41) is 2.58. The van der Waals surface area contributed by atoms with Gasteiger partial charge in [0.05, 0.1) is 4.87 Å². The van der Waals surface area contributed by atoms with Crippen molar-refractivity contribution < 1.29 is 22.8 Å². The summed E-state index contributed by atoms with van der Waals surface area (Å²) < 4.78 is 39.6. The third-order valence-electron chi connectivity index (χ3n) is 5.52. The van der Waals surface area contributed by atoms with E-state index < -0.39 is 28.4 Å². The molecule has 1 N–H and O–H groups in total. The van der Waals surface area contributed by atoms with Gasteiger partial charge in [0.25, 0.3) is 5.91 Å². The molecule has 0 aromatic heterocycles. The Hall–Kier alpha value is -2.68. The van der Waals surface area contributed by atoms with E-state index in [2.05, 4.69) is 5.32 Å². The average molecular weight is 435 g/mol. The number of nitrogens with zero attached hydrogens (tertiary/aromatic N) is 2. The van der Waals surface area contributed by atoms with Crippen LogP contribution in [-0.2, 0) is 0 Å². The maximum atomic E-state index is 13.4. The normalized spacial score (nSPS) is 18.0. The molecular formula is C21H20F3N3O2S. The number of anilines is 1. The largest absolute Gasteiger partial charge is 0.324 e. The number of nitrogens with one attached hydrogen (secondary N) is 1. The third kappa shape index (κ3) is 3.98. The molecule has 2 aromatic rings. The van der Waals surface area contributed by atoms with E-state index in [0.717, 1.165) is 17.9 Å². The van der Waals surface area contributed by atoms with E-state index in [4.69, 9.17) is 0 Å². The summed E-state index contributed by atoms with van der Waals surface area (Å²) in [4.78, 5) is 28.5. The van der Waals surface area contributed by atoms with Crippen LogP contribution in [0.1, 0.15) is 23.2 Å². The molecular weight excluding hydrogens is 415 g/mol. The van der Waals surface area contributed by atoms with Crippen LogP contribution in [0, 0.1) is 17.5 Å². The van der Waals surface area contributed by atoms with Gasteiger partial charge in [-0.05, 0) is 49.2 Å². The van der Waals surface area contributed by atoms with Crippen molar-refractivity contribution in [2.24, 2.45) is 0 Å². The first-order valence-corrected chi connectivity index (χ1v) is 10.6. The average Bonchev–Trinajstić information content (AvgIpc) is 3.14. The second-order valence-corrected chi connectivity index (χ2v) is 8.76. The molecule has 2 aliphatic heterocycles. The lowest BCUT2D eigenvalue weighted by atomic mass is 10.0. The van der Waals surface area contributed by atoms with E-state index in [0.29, 0.717) is 38.0 Å². The minimum atomic E-state index is -1.03. The van der Waals surface area contributed by atoms with Gasteiger partial charge in [-0.25, -0.2) is 18.0 Å². The van der Waals surface area contributed by atoms with Gasteiger partial charge in [-0.3, -0.25) is 4.79 Å². The Kier molecular flexibility index (Phi) is 5.64. The first-order valence-electron chi connectivity index (χ1n) is 9.60. The summed E-state index contributed by atoms with van der Waals surface area (Å²) in [6.45, 7) is 1.45. The van der Waals surface area contributed by atoms with Gasteiger partial charge in [-0.2, -0.15) is 0 Å². The number of carbonyl (C=O) groups is 2. The lowest BCUT2D eigenvalue weighted by molar-refractivity contribution is 0.0585. The van der Waals surface area contributed by atoms with Gasteiger partial charge >= 0.3 is 6.03 Å². The lowest BCUT2D eigenvalue weighted by Crippen LogP contribution is -2.54. The number of benzene rings is 2. The maximum absolute atomic E-state index is 13.4. The Labute approximate surface area is 176 Å². The van der Waals surface area contributed by atoms with Crippen molar-refractivity contribution >= 4 is 29.4 Å². The van der Waals surface area contributed by atoms with E-state index in [9.17, 15) is 22.8 Å². The van der Waals surface area contributed by atoms with Gasteiger partial charge in [-0.1, -0.05) is 0 Å². The van der Waals surface area contributed by atoms with Crippen LogP contribution in [-0.4, -0.2) is 52.0 Å². The van der Waals surface area contributed by atoms with Crippen molar-refractivity contribution in [3.8, 4) is 0 Å². The molecule has 3 amide bonds. The summed E-state index contributed by atoms with van der Waals surface area (Å²) in [5.74, 6) is -1.73.